The van der Waals surface area contributed by atoms with Gasteiger partial charge in [0.2, 0.25) is 0 Å². The van der Waals surface area contributed by atoms with Crippen LogP contribution in [0.15, 0.2) is 54.6 Å². The number of carbonyl (C=O) groups is 1. The topological polar surface area (TPSA) is 17.1 Å². The average Bonchev–Trinajstić information content (AvgIpc) is 2.40. The molecule has 0 heterocycles. The van der Waals surface area contributed by atoms with E-state index in [0.29, 0.717) is 5.56 Å². The zero-order chi connectivity index (χ0) is 13.4. The molecule has 0 aliphatic heterocycles. The maximum Gasteiger partial charge on any atom is 0.252 e. The van der Waals surface area contributed by atoms with Crippen molar-refractivity contribution >= 4 is 28.4 Å². The number of rotatable bonds is 2. The fourth-order valence-electron chi connectivity index (χ4n) is 1.29. The van der Waals surface area contributed by atoms with E-state index in [2.05, 4.69) is 6.92 Å². The lowest BCUT2D eigenvalue weighted by molar-refractivity contribution is 0.108. The Balaban J connectivity index is 0.000000199. The molecule has 94 valence electrons. The van der Waals surface area contributed by atoms with E-state index in [1.165, 1.54) is 5.56 Å². The van der Waals surface area contributed by atoms with Crippen LogP contribution >= 0.6 is 23.2 Å². The van der Waals surface area contributed by atoms with Crippen LogP contribution in [0.4, 0.5) is 0 Å². The molecule has 0 saturated carbocycles. The minimum absolute atomic E-state index is 0.396. The lowest BCUT2D eigenvalue weighted by Crippen LogP contribution is -1.88. The summed E-state index contributed by atoms with van der Waals surface area (Å²) < 4.78 is 0. The highest BCUT2D eigenvalue weighted by Gasteiger charge is 1.98. The van der Waals surface area contributed by atoms with Crippen LogP contribution in [0, 0.1) is 0 Å². The molecule has 0 atom stereocenters. The van der Waals surface area contributed by atoms with Crippen molar-refractivity contribution in [3.05, 3.63) is 70.7 Å². The second-order valence-corrected chi connectivity index (χ2v) is 4.40. The van der Waals surface area contributed by atoms with Crippen LogP contribution in [0.2, 0.25) is 5.02 Å². The van der Waals surface area contributed by atoms with Crippen LogP contribution in [0.25, 0.3) is 0 Å². The molecule has 18 heavy (non-hydrogen) atoms. The van der Waals surface area contributed by atoms with Crippen LogP contribution in [0.1, 0.15) is 22.8 Å². The molecule has 0 N–H and O–H groups in total. The Labute approximate surface area is 117 Å². The molecule has 2 aromatic rings. The monoisotopic (exact) mass is 280 g/mol. The molecule has 2 aromatic carbocycles. The van der Waals surface area contributed by atoms with Gasteiger partial charge < -0.3 is 0 Å². The third kappa shape index (κ3) is 5.35. The molecule has 0 bridgehead atoms. The van der Waals surface area contributed by atoms with E-state index >= 15 is 0 Å². The lowest BCUT2D eigenvalue weighted by atomic mass is 10.1. The summed E-state index contributed by atoms with van der Waals surface area (Å²) in [6.07, 6.45) is 0.983. The second kappa shape index (κ2) is 7.91. The molecule has 1 nitrogen and oxygen atoms in total. The predicted molar refractivity (Wildman–Crippen MR) is 77.5 cm³/mol. The molecular formula is C15H14Cl2O. The Morgan fingerprint density at radius 2 is 1.56 bits per heavy atom. The highest BCUT2D eigenvalue weighted by atomic mass is 35.5. The minimum atomic E-state index is -0.396. The highest BCUT2D eigenvalue weighted by Crippen LogP contribution is 2.07. The first-order valence-corrected chi connectivity index (χ1v) is 6.38. The molecule has 2 rings (SSSR count). The molecule has 0 aliphatic rings. The molecule has 0 unspecified atom stereocenters. The van der Waals surface area contributed by atoms with Crippen molar-refractivity contribution in [2.75, 3.05) is 0 Å². The van der Waals surface area contributed by atoms with Crippen molar-refractivity contribution in [3.63, 3.8) is 0 Å². The van der Waals surface area contributed by atoms with E-state index in [0.717, 1.165) is 11.4 Å². The quantitative estimate of drug-likeness (QED) is 0.710. The maximum atomic E-state index is 10.6. The Hall–Kier alpha value is -1.31. The largest absolute Gasteiger partial charge is 0.276 e. The Morgan fingerprint density at radius 1 is 1.00 bits per heavy atom. The first-order chi connectivity index (χ1) is 8.63. The van der Waals surface area contributed by atoms with Crippen molar-refractivity contribution in [1.82, 2.24) is 0 Å². The van der Waals surface area contributed by atoms with Gasteiger partial charge in [0.15, 0.2) is 0 Å². The predicted octanol–water partition coefficient (Wildman–Crippen LogP) is 4.97. The number of aryl methyl sites for hydroxylation is 1. The van der Waals surface area contributed by atoms with Gasteiger partial charge in [-0.2, -0.15) is 0 Å². The zero-order valence-electron chi connectivity index (χ0n) is 10.1. The maximum absolute atomic E-state index is 10.6. The van der Waals surface area contributed by atoms with E-state index in [9.17, 15) is 4.79 Å². The molecule has 0 radical (unpaired) electrons. The second-order valence-electron chi connectivity index (χ2n) is 3.62. The molecule has 3 heteroatoms. The van der Waals surface area contributed by atoms with E-state index in [1.54, 1.807) is 12.1 Å². The summed E-state index contributed by atoms with van der Waals surface area (Å²) in [6.45, 7) is 2.07. The van der Waals surface area contributed by atoms with Gasteiger partial charge in [-0.25, -0.2) is 0 Å². The molecule has 0 spiro atoms. The SMILES string of the molecule is CCc1ccc(C(=O)Cl)cc1.Clc1ccccc1. The third-order valence-corrected chi connectivity index (χ3v) is 2.79. The number of halogens is 2. The lowest BCUT2D eigenvalue weighted by Gasteiger charge is -1.95. The molecule has 0 amide bonds. The molecular weight excluding hydrogens is 267 g/mol. The summed E-state index contributed by atoms with van der Waals surface area (Å²) in [5, 5.41) is 0.398. The zero-order valence-corrected chi connectivity index (χ0v) is 11.6. The average molecular weight is 281 g/mol. The van der Waals surface area contributed by atoms with Gasteiger partial charge in [-0.15, -0.1) is 0 Å². The van der Waals surface area contributed by atoms with E-state index in [-0.39, 0.29) is 0 Å². The van der Waals surface area contributed by atoms with Crippen molar-refractivity contribution in [1.29, 1.82) is 0 Å². The Kier molecular flexibility index (Phi) is 6.48. The molecule has 0 saturated heterocycles. The first kappa shape index (κ1) is 14.7. The van der Waals surface area contributed by atoms with Gasteiger partial charge in [-0.05, 0) is 47.9 Å². The standard InChI is InChI=1S/C9H9ClO.C6H5Cl/c1-2-7-3-5-8(6-4-7)9(10)11;7-6-4-2-1-3-5-6/h3-6H,2H2,1H3;1-5H. The van der Waals surface area contributed by atoms with Crippen molar-refractivity contribution in [2.24, 2.45) is 0 Å². The van der Waals surface area contributed by atoms with Gasteiger partial charge in [0.25, 0.3) is 5.24 Å². The summed E-state index contributed by atoms with van der Waals surface area (Å²) in [7, 11) is 0. The van der Waals surface area contributed by atoms with Gasteiger partial charge in [-0.3, -0.25) is 4.79 Å². The molecule has 0 aliphatic carbocycles. The van der Waals surface area contributed by atoms with Crippen LogP contribution in [0.5, 0.6) is 0 Å². The number of benzene rings is 2. The highest BCUT2D eigenvalue weighted by molar-refractivity contribution is 6.67. The Bertz CT molecular complexity index is 478. The Morgan fingerprint density at radius 3 is 1.89 bits per heavy atom. The fraction of sp³-hybridized carbons (Fsp3) is 0.133. The summed E-state index contributed by atoms with van der Waals surface area (Å²) in [5.74, 6) is 0. The van der Waals surface area contributed by atoms with Gasteiger partial charge in [0.1, 0.15) is 0 Å². The van der Waals surface area contributed by atoms with Crippen molar-refractivity contribution in [3.8, 4) is 0 Å². The summed E-state index contributed by atoms with van der Waals surface area (Å²) in [5.41, 5.74) is 1.77. The van der Waals surface area contributed by atoms with Gasteiger partial charge >= 0.3 is 0 Å². The van der Waals surface area contributed by atoms with E-state index in [4.69, 9.17) is 23.2 Å². The van der Waals surface area contributed by atoms with E-state index < -0.39 is 5.24 Å². The van der Waals surface area contributed by atoms with Crippen molar-refractivity contribution < 1.29 is 4.79 Å². The van der Waals surface area contributed by atoms with Gasteiger partial charge in [0.05, 0.1) is 0 Å². The third-order valence-electron chi connectivity index (χ3n) is 2.32. The molecule has 0 aromatic heterocycles. The fourth-order valence-corrected chi connectivity index (χ4v) is 1.56. The van der Waals surface area contributed by atoms with Crippen LogP contribution in [-0.4, -0.2) is 5.24 Å². The van der Waals surface area contributed by atoms with E-state index in [1.807, 2.05) is 42.5 Å². The van der Waals surface area contributed by atoms with Gasteiger partial charge in [-0.1, -0.05) is 48.9 Å². The first-order valence-electron chi connectivity index (χ1n) is 5.62. The molecule has 0 fully saturated rings. The van der Waals surface area contributed by atoms with Crippen LogP contribution < -0.4 is 0 Å². The summed E-state index contributed by atoms with van der Waals surface area (Å²) in [4.78, 5) is 10.6. The normalized spacial score (nSPS) is 9.28. The van der Waals surface area contributed by atoms with Crippen molar-refractivity contribution in [2.45, 2.75) is 13.3 Å². The number of hydrogen-bond acceptors (Lipinski definition) is 1. The minimum Gasteiger partial charge on any atom is -0.276 e. The smallest absolute Gasteiger partial charge is 0.252 e. The number of carbonyl (C=O) groups excluding carboxylic acids is 1. The van der Waals surface area contributed by atoms with Crippen LogP contribution in [-0.2, 0) is 6.42 Å². The van der Waals surface area contributed by atoms with Gasteiger partial charge in [0, 0.05) is 10.6 Å². The van der Waals surface area contributed by atoms with Crippen LogP contribution in [0.3, 0.4) is 0 Å². The summed E-state index contributed by atoms with van der Waals surface area (Å²) >= 11 is 10.8. The number of hydrogen-bond donors (Lipinski definition) is 0. The summed E-state index contributed by atoms with van der Waals surface area (Å²) in [6, 6.07) is 16.8.